The Kier molecular flexibility index (Phi) is 23.8. The van der Waals surface area contributed by atoms with Gasteiger partial charge in [-0.15, -0.1) is 11.3 Å². The number of rotatable bonds is 28. The second-order valence-electron chi connectivity index (χ2n) is 21.1. The summed E-state index contributed by atoms with van der Waals surface area (Å²) in [7, 11) is -3.68. The van der Waals surface area contributed by atoms with Gasteiger partial charge in [0.15, 0.2) is 5.11 Å². The summed E-state index contributed by atoms with van der Waals surface area (Å²) in [4.78, 5) is 66.8. The van der Waals surface area contributed by atoms with Crippen molar-refractivity contribution >= 4 is 68.0 Å². The van der Waals surface area contributed by atoms with Crippen LogP contribution in [0.1, 0.15) is 72.9 Å². The van der Waals surface area contributed by atoms with E-state index < -0.39 is 45.4 Å². The van der Waals surface area contributed by atoms with Gasteiger partial charge in [-0.3, -0.25) is 29.1 Å². The van der Waals surface area contributed by atoms with E-state index >= 15 is 0 Å². The quantitative estimate of drug-likeness (QED) is 0.0294. The van der Waals surface area contributed by atoms with Gasteiger partial charge in [0.1, 0.15) is 18.7 Å². The van der Waals surface area contributed by atoms with Crippen LogP contribution in [0.4, 0.5) is 5.69 Å². The first-order valence-electron chi connectivity index (χ1n) is 27.4. The van der Waals surface area contributed by atoms with Crippen LogP contribution in [0.3, 0.4) is 0 Å². The predicted octanol–water partition coefficient (Wildman–Crippen LogP) is 4.67. The Hall–Kier alpha value is -6.32. The minimum Gasteiger partial charge on any atom is -0.391 e. The number of aliphatic hydroxyl groups is 1. The third-order valence-corrected chi connectivity index (χ3v) is 17.0. The van der Waals surface area contributed by atoms with Crippen molar-refractivity contribution < 1.29 is 51.6 Å². The lowest BCUT2D eigenvalue weighted by Gasteiger charge is -2.35. The van der Waals surface area contributed by atoms with Crippen molar-refractivity contribution in [2.45, 2.75) is 83.3 Å². The van der Waals surface area contributed by atoms with E-state index in [-0.39, 0.29) is 55.5 Å². The van der Waals surface area contributed by atoms with Crippen LogP contribution in [0.25, 0.3) is 10.4 Å². The van der Waals surface area contributed by atoms with E-state index in [1.54, 1.807) is 60.1 Å². The molecule has 7 rings (SSSR count). The minimum absolute atomic E-state index is 0.0359. The van der Waals surface area contributed by atoms with Gasteiger partial charge in [-0.1, -0.05) is 63.2 Å². The first-order valence-corrected chi connectivity index (χ1v) is 30.1. The monoisotopic (exact) mass is 1180 g/mol. The number of benzene rings is 3. The fraction of sp³-hybridized carbons (Fsp3) is 0.466. The number of thiocarbonyl (C=S) groups is 1. The zero-order valence-electron chi connectivity index (χ0n) is 47.1. The van der Waals surface area contributed by atoms with E-state index in [1.165, 1.54) is 9.21 Å². The van der Waals surface area contributed by atoms with Gasteiger partial charge in [0.2, 0.25) is 27.7 Å². The number of nitrogens with zero attached hydrogens (tertiary/aromatic N) is 5. The molecule has 21 nitrogen and oxygen atoms in total. The zero-order chi connectivity index (χ0) is 58.7. The van der Waals surface area contributed by atoms with Crippen molar-refractivity contribution in [1.82, 2.24) is 45.3 Å². The Labute approximate surface area is 489 Å². The highest BCUT2D eigenvalue weighted by Crippen LogP contribution is 2.30. The molecule has 4 unspecified atom stereocenters. The molecule has 4 heterocycles. The molecule has 0 spiro atoms. The van der Waals surface area contributed by atoms with Crippen LogP contribution in [0.5, 0.6) is 0 Å². The summed E-state index contributed by atoms with van der Waals surface area (Å²) in [5.41, 5.74) is 7.16. The van der Waals surface area contributed by atoms with Crippen molar-refractivity contribution in [1.29, 1.82) is 0 Å². The fourth-order valence-electron chi connectivity index (χ4n) is 9.25. The van der Waals surface area contributed by atoms with Gasteiger partial charge >= 0.3 is 0 Å². The number of carbonyl (C=O) groups is 4. The number of ether oxygens (including phenoxy) is 4. The highest BCUT2D eigenvalue weighted by atomic mass is 32.2. The Morgan fingerprint density at radius 1 is 0.817 bits per heavy atom. The molecular weight excluding hydrogens is 1110 g/mol. The number of anilines is 1. The number of hydrogen-bond acceptors (Lipinski definition) is 16. The van der Waals surface area contributed by atoms with Gasteiger partial charge < -0.3 is 55.5 Å². The average molecular weight is 1190 g/mol. The van der Waals surface area contributed by atoms with Crippen molar-refractivity contribution in [2.75, 3.05) is 97.4 Å². The molecule has 0 bridgehead atoms. The van der Waals surface area contributed by atoms with Crippen LogP contribution >= 0.6 is 23.6 Å². The second-order valence-corrected chi connectivity index (χ2v) is 24.3. The van der Waals surface area contributed by atoms with Crippen LogP contribution in [-0.2, 0) is 56.4 Å². The molecule has 4 amide bonds. The van der Waals surface area contributed by atoms with Gasteiger partial charge in [0, 0.05) is 82.4 Å². The van der Waals surface area contributed by atoms with Gasteiger partial charge in [0.25, 0.3) is 5.91 Å². The van der Waals surface area contributed by atoms with Crippen LogP contribution in [0.15, 0.2) is 108 Å². The Morgan fingerprint density at radius 3 is 2.10 bits per heavy atom. The molecule has 0 aliphatic carbocycles. The maximum atomic E-state index is 14.0. The lowest BCUT2D eigenvalue weighted by Crippen LogP contribution is -2.58. The molecule has 0 saturated carbocycles. The molecule has 5 aromatic rings. The normalized spacial score (nSPS) is 16.7. The topological polar surface area (TPSA) is 255 Å². The van der Waals surface area contributed by atoms with E-state index in [2.05, 4.69) is 41.5 Å². The highest BCUT2D eigenvalue weighted by molar-refractivity contribution is 7.89. The summed E-state index contributed by atoms with van der Waals surface area (Å²) in [5.74, 6) is -1.57. The third-order valence-electron chi connectivity index (χ3n) is 13.8. The predicted molar refractivity (Wildman–Crippen MR) is 316 cm³/mol. The average Bonchev–Trinajstić information content (AvgIpc) is 4.17. The number of aryl methyl sites for hydroxylation is 1. The Morgan fingerprint density at radius 2 is 1.48 bits per heavy atom. The smallest absolute Gasteiger partial charge is 0.251 e. The second kappa shape index (κ2) is 30.8. The maximum Gasteiger partial charge on any atom is 0.251 e. The highest BCUT2D eigenvalue weighted by Gasteiger charge is 2.45. The molecule has 82 heavy (non-hydrogen) atoms. The van der Waals surface area contributed by atoms with E-state index in [1.807, 2.05) is 88.7 Å². The molecule has 0 radical (unpaired) electrons. The van der Waals surface area contributed by atoms with Gasteiger partial charge in [-0.2, -0.15) is 4.31 Å². The molecule has 2 saturated heterocycles. The van der Waals surface area contributed by atoms with Crippen LogP contribution < -0.4 is 26.6 Å². The lowest BCUT2D eigenvalue weighted by molar-refractivity contribution is -0.144. The summed E-state index contributed by atoms with van der Waals surface area (Å²) in [6.45, 7) is 14.1. The van der Waals surface area contributed by atoms with Gasteiger partial charge in [-0.05, 0) is 96.2 Å². The summed E-state index contributed by atoms with van der Waals surface area (Å²) < 4.78 is 50.7. The molecule has 2 aliphatic rings. The summed E-state index contributed by atoms with van der Waals surface area (Å²) >= 11 is 6.95. The summed E-state index contributed by atoms with van der Waals surface area (Å²) in [6.07, 6.45) is 2.64. The van der Waals surface area contributed by atoms with Crippen molar-refractivity contribution in [3.63, 3.8) is 0 Å². The van der Waals surface area contributed by atoms with Gasteiger partial charge in [-0.25, -0.2) is 13.4 Å². The van der Waals surface area contributed by atoms with Crippen molar-refractivity contribution in [3.05, 3.63) is 131 Å². The van der Waals surface area contributed by atoms with Crippen molar-refractivity contribution in [2.24, 2.45) is 5.41 Å². The number of sulfonamides is 1. The van der Waals surface area contributed by atoms with E-state index in [0.29, 0.717) is 95.2 Å². The molecule has 2 fully saturated rings. The number of nitrogens with one attached hydrogen (secondary N) is 5. The first-order chi connectivity index (χ1) is 39.3. The van der Waals surface area contributed by atoms with Crippen molar-refractivity contribution in [3.8, 4) is 10.4 Å². The number of aromatic nitrogens is 2. The largest absolute Gasteiger partial charge is 0.391 e. The number of hydrogen-bond donors (Lipinski definition) is 6. The SMILES string of the molecule is Cc1ncsc1-c1ccc(C(C)NC(=O)C2CC(O)CN2C(=O)C(NC(=O)COCCOCCOCCOCCNC(=O)c2ccc(CN3CCN(S(=O)(=O)c4ccc(NC(=S)NCc5cccnc5)cc4)CC3)cc2)C(C)(C)C)cc1. The third kappa shape index (κ3) is 18.9. The summed E-state index contributed by atoms with van der Waals surface area (Å²) in [6, 6.07) is 23.3. The molecule has 2 aliphatic heterocycles. The molecule has 442 valence electrons. The van der Waals surface area contributed by atoms with Crippen LogP contribution in [-0.4, -0.2) is 177 Å². The van der Waals surface area contributed by atoms with Crippen LogP contribution in [0, 0.1) is 12.3 Å². The van der Waals surface area contributed by atoms with E-state index in [0.717, 1.165) is 32.8 Å². The number of carbonyl (C=O) groups excluding carboxylic acids is 4. The molecule has 2 aromatic heterocycles. The van der Waals surface area contributed by atoms with Crippen LogP contribution in [0.2, 0.25) is 0 Å². The molecule has 3 aromatic carbocycles. The van der Waals surface area contributed by atoms with Gasteiger partial charge in [0.05, 0.1) is 79.4 Å². The minimum atomic E-state index is -3.68. The Bertz CT molecular complexity index is 2980. The zero-order valence-corrected chi connectivity index (χ0v) is 49.6. The Balaban J connectivity index is 0.693. The number of piperazine rings is 1. The fourth-order valence-corrected chi connectivity index (χ4v) is 11.7. The van der Waals surface area contributed by atoms with E-state index in [9.17, 15) is 32.7 Å². The molecule has 24 heteroatoms. The number of β-amino-alcohol motifs (C(OH)–C–C–N with tert-alkyl or cyclic N) is 1. The number of likely N-dealkylation sites (tertiary alicyclic amines) is 1. The summed E-state index contributed by atoms with van der Waals surface area (Å²) in [5, 5.41) is 25.9. The number of thiazole rings is 1. The van der Waals surface area contributed by atoms with E-state index in [4.69, 9.17) is 31.2 Å². The maximum absolute atomic E-state index is 14.0. The first kappa shape index (κ1) is 63.3. The number of amides is 4. The standard InChI is InChI=1S/C58H76N10O11S3/c1-40(44-12-14-45(15-13-44)52-41(2)62-39-81-52)63-55(72)50-33-48(69)37-68(50)56(73)53(58(3,4)5)65-51(70)38-79-32-31-78-30-29-77-28-27-76-26-21-60-54(71)46-10-8-42(9-11-46)36-66-22-24-67(25-23-66)82(74,75)49-18-16-47(17-19-49)64-57(80)61-35-43-7-6-20-59-34-43/h6-20,34,39-40,48,50,53,69H,21-33,35-38H2,1-5H3,(H,60,71)(H,63,72)(H,65,70)(H2,61,64,80). The number of pyridine rings is 1. The lowest BCUT2D eigenvalue weighted by atomic mass is 9.85. The molecular formula is C58H76N10O11S3. The molecule has 4 atom stereocenters. The molecule has 6 N–H and O–H groups in total. The number of aliphatic hydroxyl groups excluding tert-OH is 1.